The van der Waals surface area contributed by atoms with Crippen LogP contribution >= 0.6 is 0 Å². The predicted molar refractivity (Wildman–Crippen MR) is 154 cm³/mol. The molecule has 1 fully saturated rings. The van der Waals surface area contributed by atoms with E-state index >= 15 is 0 Å². The van der Waals surface area contributed by atoms with E-state index < -0.39 is 0 Å². The smallest absolute Gasteiger partial charge is 0.267 e. The van der Waals surface area contributed by atoms with Crippen LogP contribution in [0.15, 0.2) is 120 Å². The highest BCUT2D eigenvalue weighted by Crippen LogP contribution is 2.30. The van der Waals surface area contributed by atoms with Crippen molar-refractivity contribution in [1.82, 2.24) is 19.6 Å². The van der Waals surface area contributed by atoms with Gasteiger partial charge in [0, 0.05) is 37.8 Å². The lowest BCUT2D eigenvalue weighted by Gasteiger charge is -2.39. The molecule has 1 aliphatic heterocycles. The second-order valence-electron chi connectivity index (χ2n) is 9.88. The summed E-state index contributed by atoms with van der Waals surface area (Å²) in [4.78, 5) is 30.2. The zero-order valence-electron chi connectivity index (χ0n) is 21.7. The van der Waals surface area contributed by atoms with Crippen LogP contribution in [0.3, 0.4) is 0 Å². The van der Waals surface area contributed by atoms with Crippen LogP contribution in [-0.4, -0.2) is 51.7 Å². The highest BCUT2D eigenvalue weighted by Gasteiger charge is 2.28. The maximum absolute atomic E-state index is 13.3. The van der Waals surface area contributed by atoms with Crippen molar-refractivity contribution < 1.29 is 4.79 Å². The third-order valence-electron chi connectivity index (χ3n) is 7.48. The van der Waals surface area contributed by atoms with Crippen molar-refractivity contribution in [2.24, 2.45) is 0 Å². The van der Waals surface area contributed by atoms with E-state index in [9.17, 15) is 9.59 Å². The predicted octanol–water partition coefficient (Wildman–Crippen LogP) is 5.00. The summed E-state index contributed by atoms with van der Waals surface area (Å²) in [6, 6.07) is 38.5. The Bertz CT molecular complexity index is 1600. The Kier molecular flexibility index (Phi) is 7.02. The number of carbonyl (C=O) groups is 1. The van der Waals surface area contributed by atoms with Gasteiger partial charge in [0.2, 0.25) is 5.91 Å². The Morgan fingerprint density at radius 3 is 2.00 bits per heavy atom. The molecule has 0 aliphatic carbocycles. The molecule has 0 saturated carbocycles. The van der Waals surface area contributed by atoms with Crippen molar-refractivity contribution in [3.63, 3.8) is 0 Å². The SMILES string of the molecule is O=C(Cn1nc(-c2cccc3ccccc23)ccc1=O)N1CCN(C(c2ccccc2)c2ccccc2)CC1. The largest absolute Gasteiger partial charge is 0.339 e. The van der Waals surface area contributed by atoms with Gasteiger partial charge in [0.15, 0.2) is 0 Å². The van der Waals surface area contributed by atoms with Gasteiger partial charge < -0.3 is 4.90 Å². The van der Waals surface area contributed by atoms with Crippen LogP contribution in [0.2, 0.25) is 0 Å². The summed E-state index contributed by atoms with van der Waals surface area (Å²) in [6.07, 6.45) is 0. The molecule has 6 nitrogen and oxygen atoms in total. The van der Waals surface area contributed by atoms with Crippen molar-refractivity contribution in [1.29, 1.82) is 0 Å². The number of hydrogen-bond donors (Lipinski definition) is 0. The van der Waals surface area contributed by atoms with E-state index in [4.69, 9.17) is 0 Å². The number of carbonyl (C=O) groups excluding carboxylic acids is 1. The molecule has 0 N–H and O–H groups in total. The number of aromatic nitrogens is 2. The van der Waals surface area contributed by atoms with E-state index in [1.54, 1.807) is 6.07 Å². The van der Waals surface area contributed by atoms with Crippen molar-refractivity contribution in [2.45, 2.75) is 12.6 Å². The first-order valence-electron chi connectivity index (χ1n) is 13.4. The molecular weight excluding hydrogens is 484 g/mol. The molecule has 2 heterocycles. The molecule has 0 radical (unpaired) electrons. The Labute approximate surface area is 227 Å². The number of amides is 1. The fraction of sp³-hybridized carbons (Fsp3) is 0.182. The van der Waals surface area contributed by atoms with Gasteiger partial charge in [-0.1, -0.05) is 103 Å². The normalized spacial score (nSPS) is 14.1. The third kappa shape index (κ3) is 5.24. The van der Waals surface area contributed by atoms with E-state index in [0.717, 1.165) is 29.4 Å². The lowest BCUT2D eigenvalue weighted by atomic mass is 9.96. The molecule has 1 aliphatic rings. The maximum Gasteiger partial charge on any atom is 0.267 e. The van der Waals surface area contributed by atoms with Crippen LogP contribution in [0, 0.1) is 0 Å². The summed E-state index contributed by atoms with van der Waals surface area (Å²) in [5.74, 6) is -0.0877. The highest BCUT2D eigenvalue weighted by atomic mass is 16.2. The minimum Gasteiger partial charge on any atom is -0.339 e. The molecule has 0 atom stereocenters. The van der Waals surface area contributed by atoms with Gasteiger partial charge in [0.25, 0.3) is 5.56 Å². The first-order chi connectivity index (χ1) is 19.2. The first-order valence-corrected chi connectivity index (χ1v) is 13.4. The van der Waals surface area contributed by atoms with E-state index in [2.05, 4.69) is 70.7 Å². The van der Waals surface area contributed by atoms with E-state index in [1.165, 1.54) is 21.9 Å². The highest BCUT2D eigenvalue weighted by molar-refractivity contribution is 5.95. The minimum atomic E-state index is -0.279. The van der Waals surface area contributed by atoms with Gasteiger partial charge in [-0.2, -0.15) is 5.10 Å². The molecular formula is C33H30N4O2. The van der Waals surface area contributed by atoms with Gasteiger partial charge in [0.1, 0.15) is 6.54 Å². The quantitative estimate of drug-likeness (QED) is 0.320. The van der Waals surface area contributed by atoms with Crippen LogP contribution < -0.4 is 5.56 Å². The molecule has 1 amide bonds. The van der Waals surface area contributed by atoms with Crippen molar-refractivity contribution in [2.75, 3.05) is 26.2 Å². The first kappa shape index (κ1) is 24.8. The van der Waals surface area contributed by atoms with Gasteiger partial charge in [-0.3, -0.25) is 14.5 Å². The van der Waals surface area contributed by atoms with Gasteiger partial charge in [-0.15, -0.1) is 0 Å². The Morgan fingerprint density at radius 2 is 1.31 bits per heavy atom. The lowest BCUT2D eigenvalue weighted by molar-refractivity contribution is -0.134. The Hall–Kier alpha value is -4.55. The second-order valence-corrected chi connectivity index (χ2v) is 9.88. The number of benzene rings is 4. The number of rotatable bonds is 6. The van der Waals surface area contributed by atoms with Gasteiger partial charge >= 0.3 is 0 Å². The van der Waals surface area contributed by atoms with E-state index in [0.29, 0.717) is 18.8 Å². The van der Waals surface area contributed by atoms with Crippen LogP contribution in [0.1, 0.15) is 17.2 Å². The molecule has 194 valence electrons. The molecule has 6 rings (SSSR count). The molecule has 0 bridgehead atoms. The topological polar surface area (TPSA) is 58.4 Å². The number of fused-ring (bicyclic) bond motifs is 1. The van der Waals surface area contributed by atoms with Gasteiger partial charge in [-0.25, -0.2) is 4.68 Å². The molecule has 39 heavy (non-hydrogen) atoms. The molecule has 0 spiro atoms. The minimum absolute atomic E-state index is 0.0712. The molecule has 5 aromatic rings. The van der Waals surface area contributed by atoms with Crippen LogP contribution in [0.25, 0.3) is 22.0 Å². The van der Waals surface area contributed by atoms with Crippen LogP contribution in [-0.2, 0) is 11.3 Å². The fourth-order valence-corrected chi connectivity index (χ4v) is 5.50. The number of hydrogen-bond acceptors (Lipinski definition) is 4. The maximum atomic E-state index is 13.3. The zero-order valence-corrected chi connectivity index (χ0v) is 21.7. The van der Waals surface area contributed by atoms with Crippen LogP contribution in [0.5, 0.6) is 0 Å². The zero-order chi connectivity index (χ0) is 26.6. The monoisotopic (exact) mass is 514 g/mol. The molecule has 6 heteroatoms. The van der Waals surface area contributed by atoms with Crippen LogP contribution in [0.4, 0.5) is 0 Å². The second kappa shape index (κ2) is 11.1. The van der Waals surface area contributed by atoms with E-state index in [1.807, 2.05) is 47.4 Å². The average molecular weight is 515 g/mol. The Balaban J connectivity index is 1.18. The summed E-state index contributed by atoms with van der Waals surface area (Å²) < 4.78 is 1.29. The lowest BCUT2D eigenvalue weighted by Crippen LogP contribution is -2.51. The number of nitrogens with zero attached hydrogens (tertiary/aromatic N) is 4. The summed E-state index contributed by atoms with van der Waals surface area (Å²) in [5, 5.41) is 6.76. The molecule has 0 unspecified atom stereocenters. The number of piperazine rings is 1. The standard InChI is InChI=1S/C33H30N4O2/c38-31-19-18-30(29-17-9-15-25-10-7-8-16-28(25)29)34-37(31)24-32(39)35-20-22-36(23-21-35)33(26-11-3-1-4-12-26)27-13-5-2-6-14-27/h1-19,33H,20-24H2. The summed E-state index contributed by atoms with van der Waals surface area (Å²) >= 11 is 0. The third-order valence-corrected chi connectivity index (χ3v) is 7.48. The summed E-state index contributed by atoms with van der Waals surface area (Å²) in [5.41, 5.74) is 3.82. The van der Waals surface area contributed by atoms with Crippen molar-refractivity contribution in [3.8, 4) is 11.3 Å². The van der Waals surface area contributed by atoms with Crippen molar-refractivity contribution in [3.05, 3.63) is 137 Å². The summed E-state index contributed by atoms with van der Waals surface area (Å²) in [6.45, 7) is 2.63. The fourth-order valence-electron chi connectivity index (χ4n) is 5.50. The average Bonchev–Trinajstić information content (AvgIpc) is 2.99. The Morgan fingerprint density at radius 1 is 0.692 bits per heavy atom. The van der Waals surface area contributed by atoms with Gasteiger partial charge in [-0.05, 0) is 28.0 Å². The van der Waals surface area contributed by atoms with E-state index in [-0.39, 0.29) is 24.1 Å². The molecule has 4 aromatic carbocycles. The summed E-state index contributed by atoms with van der Waals surface area (Å²) in [7, 11) is 0. The van der Waals surface area contributed by atoms with Crippen molar-refractivity contribution >= 4 is 16.7 Å². The molecule has 1 saturated heterocycles. The molecule has 1 aromatic heterocycles. The van der Waals surface area contributed by atoms with Gasteiger partial charge in [0.05, 0.1) is 11.7 Å².